The van der Waals surface area contributed by atoms with Gasteiger partial charge in [0.25, 0.3) is 0 Å². The average Bonchev–Trinajstić information content (AvgIpc) is 3.40. The zero-order valence-corrected chi connectivity index (χ0v) is 29.4. The predicted octanol–water partition coefficient (Wildman–Crippen LogP) is 11.5. The van der Waals surface area contributed by atoms with Crippen molar-refractivity contribution in [2.45, 2.75) is 40.5 Å². The molecule has 0 bridgehead atoms. The van der Waals surface area contributed by atoms with E-state index in [9.17, 15) is 4.79 Å². The number of ketones is 1. The van der Waals surface area contributed by atoms with Gasteiger partial charge in [-0.15, -0.1) is 40.5 Å². The van der Waals surface area contributed by atoms with Crippen molar-refractivity contribution in [3.63, 3.8) is 0 Å². The molecule has 2 aromatic heterocycles. The number of fused-ring (bicyclic) bond motifs is 6. The number of rotatable bonds is 4. The van der Waals surface area contributed by atoms with Crippen molar-refractivity contribution in [2.24, 2.45) is 0 Å². The van der Waals surface area contributed by atoms with E-state index in [0.717, 1.165) is 43.2 Å². The first-order valence-corrected chi connectivity index (χ1v) is 15.8. The van der Waals surface area contributed by atoms with Crippen molar-refractivity contribution in [2.75, 3.05) is 0 Å². The molecular formula is C40H33FIrNO2S-. The number of halogens is 1. The minimum absolute atomic E-state index is 0. The molecule has 1 N–H and O–H groups in total. The van der Waals surface area contributed by atoms with E-state index < -0.39 is 0 Å². The number of pyridine rings is 1. The van der Waals surface area contributed by atoms with Crippen molar-refractivity contribution < 1.29 is 34.4 Å². The molecule has 0 unspecified atom stereocenters. The quantitative estimate of drug-likeness (QED) is 0.0835. The smallest absolute Gasteiger partial charge is 0.155 e. The molecule has 0 fully saturated rings. The summed E-state index contributed by atoms with van der Waals surface area (Å²) in [5.74, 6) is 0.0978. The van der Waals surface area contributed by atoms with Gasteiger partial charge in [-0.05, 0) is 60.0 Å². The second-order valence-corrected chi connectivity index (χ2v) is 12.7. The van der Waals surface area contributed by atoms with Crippen molar-refractivity contribution in [3.8, 4) is 22.4 Å². The van der Waals surface area contributed by atoms with Crippen LogP contribution in [-0.4, -0.2) is 15.9 Å². The van der Waals surface area contributed by atoms with E-state index in [1.54, 1.807) is 0 Å². The van der Waals surface area contributed by atoms with Crippen LogP contribution in [-0.2, 0) is 24.9 Å². The molecule has 5 aromatic carbocycles. The van der Waals surface area contributed by atoms with E-state index in [1.165, 1.54) is 53.0 Å². The Morgan fingerprint density at radius 2 is 1.61 bits per heavy atom. The van der Waals surface area contributed by atoms with Crippen LogP contribution >= 0.6 is 11.3 Å². The number of hydrogen-bond donors (Lipinski definition) is 1. The molecule has 0 saturated heterocycles. The third kappa shape index (κ3) is 6.26. The van der Waals surface area contributed by atoms with Gasteiger partial charge in [-0.1, -0.05) is 91.5 Å². The van der Waals surface area contributed by atoms with Gasteiger partial charge in [-0.25, -0.2) is 4.39 Å². The Labute approximate surface area is 285 Å². The second-order valence-electron chi connectivity index (χ2n) is 11.7. The minimum atomic E-state index is -0.166. The Hall–Kier alpha value is -4.22. The molecule has 0 aliphatic heterocycles. The van der Waals surface area contributed by atoms with Gasteiger partial charge in [-0.2, -0.15) is 0 Å². The number of carbonyl (C=O) groups excluding carboxylic acids is 1. The van der Waals surface area contributed by atoms with Crippen molar-refractivity contribution >= 4 is 58.8 Å². The van der Waals surface area contributed by atoms with Gasteiger partial charge in [-0.3, -0.25) is 9.78 Å². The first kappa shape index (κ1) is 33.2. The number of allylic oxidation sites excluding steroid dienone is 2. The van der Waals surface area contributed by atoms with Crippen LogP contribution in [0.25, 0.3) is 64.1 Å². The summed E-state index contributed by atoms with van der Waals surface area (Å²) >= 11 is 1.49. The molecule has 3 nitrogen and oxygen atoms in total. The van der Waals surface area contributed by atoms with Gasteiger partial charge in [0, 0.05) is 53.7 Å². The molecule has 0 aliphatic carbocycles. The third-order valence-electron chi connectivity index (χ3n) is 8.01. The Morgan fingerprint density at radius 3 is 2.30 bits per heavy atom. The normalized spacial score (nSPS) is 11.6. The fraction of sp³-hybridized carbons (Fsp3) is 0.150. The van der Waals surface area contributed by atoms with Crippen molar-refractivity contribution in [3.05, 3.63) is 126 Å². The van der Waals surface area contributed by atoms with E-state index in [0.29, 0.717) is 16.2 Å². The monoisotopic (exact) mass is 803 g/mol. The average molecular weight is 803 g/mol. The van der Waals surface area contributed by atoms with E-state index in [-0.39, 0.29) is 37.5 Å². The number of aromatic nitrogens is 1. The number of nitrogens with zero attached hydrogens (tertiary/aromatic N) is 1. The summed E-state index contributed by atoms with van der Waals surface area (Å²) in [6, 6.07) is 32.7. The maximum Gasteiger partial charge on any atom is 0.155 e. The van der Waals surface area contributed by atoms with Crippen LogP contribution < -0.4 is 0 Å². The van der Waals surface area contributed by atoms with Crippen LogP contribution in [0.4, 0.5) is 4.39 Å². The van der Waals surface area contributed by atoms with Gasteiger partial charge < -0.3 is 5.11 Å². The molecule has 7 aromatic rings. The minimum Gasteiger partial charge on any atom is -0.512 e. The molecule has 233 valence electrons. The summed E-state index contributed by atoms with van der Waals surface area (Å²) in [5, 5.41) is 15.1. The van der Waals surface area contributed by atoms with Crippen LogP contribution in [0.5, 0.6) is 0 Å². The Balaban J connectivity index is 0.000000471. The summed E-state index contributed by atoms with van der Waals surface area (Å²) in [6.07, 6.45) is 3.00. The third-order valence-corrected chi connectivity index (χ3v) is 9.23. The SMILES string of the molecule is CC(=O)/C=C(/C)O.Cc1ccccc1-c1ccc2c(sc3c(-c4[c-]c5ccc6ccccc6c5c(C(C)C)c4)nccc32)c1F.[Ir]. The summed E-state index contributed by atoms with van der Waals surface area (Å²) in [6.45, 7) is 9.34. The Bertz CT molecular complexity index is 2280. The fourth-order valence-corrected chi connectivity index (χ4v) is 7.22. The number of hydrogen-bond acceptors (Lipinski definition) is 4. The zero-order chi connectivity index (χ0) is 31.8. The standard InChI is InChI=1S/C35H25FNS.C5H8O2.Ir/c1-20(2)30-19-24(18-23-13-12-22-9-5-7-11-26(22)31(23)30)33-35-29(16-17-37-33)28-15-14-27(32(36)34(28)38-35)25-10-6-4-8-21(25)3;1-4(6)3-5(2)7;/h4-17,19-20H,1-3H3;3,6H,1-2H3;/q-1;;/b;4-3-;. The van der Waals surface area contributed by atoms with E-state index >= 15 is 4.39 Å². The van der Waals surface area contributed by atoms with Gasteiger partial charge >= 0.3 is 0 Å². The number of carbonyl (C=O) groups is 1. The molecule has 0 spiro atoms. The molecule has 0 atom stereocenters. The topological polar surface area (TPSA) is 50.2 Å². The second kappa shape index (κ2) is 13.6. The van der Waals surface area contributed by atoms with Gasteiger partial charge in [0.05, 0.1) is 10.5 Å². The summed E-state index contributed by atoms with van der Waals surface area (Å²) < 4.78 is 17.7. The Morgan fingerprint density at radius 1 is 0.891 bits per heavy atom. The summed E-state index contributed by atoms with van der Waals surface area (Å²) in [7, 11) is 0. The van der Waals surface area contributed by atoms with Crippen LogP contribution in [0, 0.1) is 18.8 Å². The molecule has 2 heterocycles. The molecule has 0 aliphatic rings. The predicted molar refractivity (Wildman–Crippen MR) is 188 cm³/mol. The number of aliphatic hydroxyl groups is 1. The van der Waals surface area contributed by atoms with Crippen LogP contribution in [0.3, 0.4) is 0 Å². The molecule has 6 heteroatoms. The fourth-order valence-electron chi connectivity index (χ4n) is 5.98. The molecule has 7 rings (SSSR count). The Kier molecular flexibility index (Phi) is 9.83. The zero-order valence-electron chi connectivity index (χ0n) is 26.2. The van der Waals surface area contributed by atoms with Gasteiger partial charge in [0.15, 0.2) is 5.78 Å². The van der Waals surface area contributed by atoms with E-state index in [2.05, 4.69) is 68.4 Å². The van der Waals surface area contributed by atoms with E-state index in [1.807, 2.05) is 49.5 Å². The van der Waals surface area contributed by atoms with Crippen LogP contribution in [0.15, 0.2) is 103 Å². The number of aryl methyl sites for hydroxylation is 1. The number of aliphatic hydroxyl groups excluding tert-OH is 1. The van der Waals surface area contributed by atoms with Crippen molar-refractivity contribution in [1.82, 2.24) is 4.98 Å². The molecule has 0 saturated carbocycles. The van der Waals surface area contributed by atoms with E-state index in [4.69, 9.17) is 10.1 Å². The van der Waals surface area contributed by atoms with Gasteiger partial charge in [0.1, 0.15) is 5.82 Å². The first-order chi connectivity index (χ1) is 21.6. The maximum atomic E-state index is 16.0. The molecule has 46 heavy (non-hydrogen) atoms. The molecular weight excluding hydrogens is 770 g/mol. The van der Waals surface area contributed by atoms with Crippen molar-refractivity contribution in [1.29, 1.82) is 0 Å². The summed E-state index contributed by atoms with van der Waals surface area (Å²) in [5.41, 5.74) is 5.72. The van der Waals surface area contributed by atoms with Crippen LogP contribution in [0.2, 0.25) is 0 Å². The first-order valence-electron chi connectivity index (χ1n) is 15.0. The number of benzene rings is 5. The summed E-state index contributed by atoms with van der Waals surface area (Å²) in [4.78, 5) is 14.8. The molecule has 0 amide bonds. The van der Waals surface area contributed by atoms with Gasteiger partial charge in [0.2, 0.25) is 0 Å². The molecule has 1 radical (unpaired) electrons. The number of thiophene rings is 1. The maximum absolute atomic E-state index is 16.0. The van der Waals surface area contributed by atoms with Crippen LogP contribution in [0.1, 0.15) is 44.7 Å². The largest absolute Gasteiger partial charge is 0.512 e.